The molecular weight excluding hydrogens is 446 g/mol. The topological polar surface area (TPSA) is 59.8 Å². The van der Waals surface area contributed by atoms with E-state index in [1.54, 1.807) is 30.3 Å². The molecule has 0 unspecified atom stereocenters. The molecule has 2 aromatic carbocycles. The summed E-state index contributed by atoms with van der Waals surface area (Å²) in [5.74, 6) is 1.02. The Hall–Kier alpha value is -2.09. The molecular formula is C21H19Cl2FN4OS. The third kappa shape index (κ3) is 4.79. The number of nitrogens with zero attached hydrogens (tertiary/aromatic N) is 3. The van der Waals surface area contributed by atoms with E-state index in [0.29, 0.717) is 32.5 Å². The molecule has 1 aliphatic carbocycles. The third-order valence-corrected chi connectivity index (χ3v) is 6.57. The van der Waals surface area contributed by atoms with E-state index in [0.717, 1.165) is 24.8 Å². The highest BCUT2D eigenvalue weighted by Gasteiger charge is 2.26. The number of hydrogen-bond acceptors (Lipinski definition) is 4. The Bertz CT molecular complexity index is 1050. The van der Waals surface area contributed by atoms with Crippen molar-refractivity contribution in [3.05, 3.63) is 69.7 Å². The lowest BCUT2D eigenvalue weighted by atomic mass is 9.85. The number of halogens is 3. The number of thioether (sulfide) groups is 1. The Kier molecular flexibility index (Phi) is 6.61. The van der Waals surface area contributed by atoms with Crippen LogP contribution in [0.3, 0.4) is 0 Å². The monoisotopic (exact) mass is 464 g/mol. The molecule has 156 valence electrons. The summed E-state index contributed by atoms with van der Waals surface area (Å²) in [6.45, 7) is 0.248. The molecule has 0 saturated heterocycles. The lowest BCUT2D eigenvalue weighted by Crippen LogP contribution is -2.34. The van der Waals surface area contributed by atoms with Gasteiger partial charge in [0.1, 0.15) is 5.82 Å². The average Bonchev–Trinajstić information content (AvgIpc) is 3.07. The van der Waals surface area contributed by atoms with Gasteiger partial charge in [-0.15, -0.1) is 10.2 Å². The number of nitrogens with one attached hydrogen (secondary N) is 1. The molecule has 4 rings (SSSR count). The molecule has 5 nitrogen and oxygen atoms in total. The van der Waals surface area contributed by atoms with Crippen molar-refractivity contribution in [2.24, 2.45) is 5.92 Å². The number of hydrogen-bond donors (Lipinski definition) is 1. The Balaban J connectivity index is 1.59. The lowest BCUT2D eigenvalue weighted by molar-refractivity contribution is -0.127. The van der Waals surface area contributed by atoms with Gasteiger partial charge in [-0.05, 0) is 48.7 Å². The maximum absolute atomic E-state index is 13.2. The van der Waals surface area contributed by atoms with Crippen molar-refractivity contribution in [3.8, 4) is 5.69 Å². The molecule has 3 aromatic rings. The van der Waals surface area contributed by atoms with Crippen LogP contribution in [0.1, 0.15) is 30.7 Å². The quantitative estimate of drug-likeness (QED) is 0.474. The first-order valence-corrected chi connectivity index (χ1v) is 11.3. The Morgan fingerprint density at radius 1 is 1.17 bits per heavy atom. The van der Waals surface area contributed by atoms with E-state index in [1.165, 1.54) is 23.9 Å². The van der Waals surface area contributed by atoms with Gasteiger partial charge in [-0.1, -0.05) is 53.5 Å². The van der Waals surface area contributed by atoms with E-state index in [1.807, 2.05) is 4.57 Å². The lowest BCUT2D eigenvalue weighted by Gasteiger charge is -2.24. The van der Waals surface area contributed by atoms with Crippen molar-refractivity contribution in [2.45, 2.75) is 36.7 Å². The minimum absolute atomic E-state index is 0.0403. The molecule has 1 amide bonds. The van der Waals surface area contributed by atoms with Crippen molar-refractivity contribution in [2.75, 3.05) is 0 Å². The third-order valence-electron chi connectivity index (χ3n) is 5.03. The van der Waals surface area contributed by atoms with Crippen LogP contribution in [0, 0.1) is 11.7 Å². The molecule has 1 saturated carbocycles. The second-order valence-corrected chi connectivity index (χ2v) is 8.88. The van der Waals surface area contributed by atoms with Crippen LogP contribution in [0.4, 0.5) is 4.39 Å². The van der Waals surface area contributed by atoms with Crippen molar-refractivity contribution < 1.29 is 9.18 Å². The highest BCUT2D eigenvalue weighted by atomic mass is 35.5. The van der Waals surface area contributed by atoms with Crippen LogP contribution in [0.15, 0.2) is 47.6 Å². The van der Waals surface area contributed by atoms with Crippen LogP contribution in [0.25, 0.3) is 5.69 Å². The van der Waals surface area contributed by atoms with Crippen LogP contribution in [0.5, 0.6) is 0 Å². The molecule has 1 heterocycles. The second-order valence-electron chi connectivity index (χ2n) is 7.09. The minimum atomic E-state index is -0.274. The summed E-state index contributed by atoms with van der Waals surface area (Å²) in [5.41, 5.74) is 1.64. The highest BCUT2D eigenvalue weighted by Crippen LogP contribution is 2.31. The number of aromatic nitrogens is 3. The number of benzene rings is 2. The Morgan fingerprint density at radius 2 is 1.93 bits per heavy atom. The van der Waals surface area contributed by atoms with Crippen LogP contribution in [-0.4, -0.2) is 20.7 Å². The van der Waals surface area contributed by atoms with Crippen LogP contribution < -0.4 is 5.32 Å². The van der Waals surface area contributed by atoms with Crippen molar-refractivity contribution in [1.29, 1.82) is 0 Å². The van der Waals surface area contributed by atoms with Gasteiger partial charge in [0, 0.05) is 16.7 Å². The normalized spacial score (nSPS) is 13.8. The van der Waals surface area contributed by atoms with Gasteiger partial charge < -0.3 is 5.32 Å². The van der Waals surface area contributed by atoms with Gasteiger partial charge in [0.15, 0.2) is 11.0 Å². The molecule has 0 spiro atoms. The molecule has 1 fully saturated rings. The van der Waals surface area contributed by atoms with E-state index in [-0.39, 0.29) is 24.2 Å². The summed E-state index contributed by atoms with van der Waals surface area (Å²) >= 11 is 14.0. The first kappa shape index (κ1) is 21.2. The number of carbonyl (C=O) groups excluding carboxylic acids is 1. The summed E-state index contributed by atoms with van der Waals surface area (Å²) in [5, 5.41) is 13.1. The number of rotatable bonds is 7. The molecule has 30 heavy (non-hydrogen) atoms. The SMILES string of the molecule is O=C(NCc1nnc(SCc2ccc(F)cc2)n1-c1ccc(Cl)cc1Cl)C1CCC1. The largest absolute Gasteiger partial charge is 0.349 e. The zero-order valence-electron chi connectivity index (χ0n) is 15.9. The van der Waals surface area contributed by atoms with E-state index in [2.05, 4.69) is 15.5 Å². The van der Waals surface area contributed by atoms with Gasteiger partial charge in [-0.3, -0.25) is 9.36 Å². The highest BCUT2D eigenvalue weighted by molar-refractivity contribution is 7.98. The average molecular weight is 465 g/mol. The van der Waals surface area contributed by atoms with Crippen molar-refractivity contribution >= 4 is 40.9 Å². The summed E-state index contributed by atoms with van der Waals surface area (Å²) in [4.78, 5) is 12.3. The predicted octanol–water partition coefficient (Wildman–Crippen LogP) is 5.42. The molecule has 1 aromatic heterocycles. The zero-order valence-corrected chi connectivity index (χ0v) is 18.3. The molecule has 0 radical (unpaired) electrons. The summed E-state index contributed by atoms with van der Waals surface area (Å²) in [6.07, 6.45) is 2.96. The van der Waals surface area contributed by atoms with Gasteiger partial charge in [0.2, 0.25) is 5.91 Å². The standard InChI is InChI=1S/C21H19Cl2FN4OS/c22-15-6-9-18(17(23)10-15)28-19(11-25-20(29)14-2-1-3-14)26-27-21(28)30-12-13-4-7-16(24)8-5-13/h4-10,14H,1-3,11-12H2,(H,25,29). The maximum atomic E-state index is 13.2. The van der Waals surface area contributed by atoms with Gasteiger partial charge in [-0.25, -0.2) is 4.39 Å². The predicted molar refractivity (Wildman–Crippen MR) is 117 cm³/mol. The van der Waals surface area contributed by atoms with Gasteiger partial charge >= 0.3 is 0 Å². The smallest absolute Gasteiger partial charge is 0.223 e. The van der Waals surface area contributed by atoms with Crippen molar-refractivity contribution in [3.63, 3.8) is 0 Å². The maximum Gasteiger partial charge on any atom is 0.223 e. The van der Waals surface area contributed by atoms with Gasteiger partial charge in [0.05, 0.1) is 17.3 Å². The molecule has 9 heteroatoms. The summed E-state index contributed by atoms with van der Waals surface area (Å²) < 4.78 is 15.0. The second kappa shape index (κ2) is 9.37. The van der Waals surface area contributed by atoms with Crippen LogP contribution in [0.2, 0.25) is 10.0 Å². The van der Waals surface area contributed by atoms with E-state index in [9.17, 15) is 9.18 Å². The van der Waals surface area contributed by atoms with Gasteiger partial charge in [0.25, 0.3) is 0 Å². The fourth-order valence-electron chi connectivity index (χ4n) is 3.12. The Labute approximate surface area is 188 Å². The molecule has 0 aliphatic heterocycles. The van der Waals surface area contributed by atoms with Crippen LogP contribution in [-0.2, 0) is 17.1 Å². The minimum Gasteiger partial charge on any atom is -0.349 e. The van der Waals surface area contributed by atoms with E-state index >= 15 is 0 Å². The first-order valence-electron chi connectivity index (χ1n) is 9.56. The fraction of sp³-hybridized carbons (Fsp3) is 0.286. The summed E-state index contributed by atoms with van der Waals surface area (Å²) in [6, 6.07) is 11.5. The van der Waals surface area contributed by atoms with Gasteiger partial charge in [-0.2, -0.15) is 0 Å². The van der Waals surface area contributed by atoms with Crippen molar-refractivity contribution in [1.82, 2.24) is 20.1 Å². The number of carbonyl (C=O) groups is 1. The first-order chi connectivity index (χ1) is 14.5. The number of amides is 1. The molecule has 1 N–H and O–H groups in total. The molecule has 0 bridgehead atoms. The van der Waals surface area contributed by atoms with Crippen LogP contribution >= 0.6 is 35.0 Å². The summed E-state index contributed by atoms with van der Waals surface area (Å²) in [7, 11) is 0. The molecule has 1 aliphatic rings. The molecule has 0 atom stereocenters. The Morgan fingerprint density at radius 3 is 2.60 bits per heavy atom. The fourth-order valence-corrected chi connectivity index (χ4v) is 4.53. The zero-order chi connectivity index (χ0) is 21.1. The van der Waals surface area contributed by atoms with E-state index < -0.39 is 0 Å². The van der Waals surface area contributed by atoms with E-state index in [4.69, 9.17) is 23.2 Å².